The number of ether oxygens (including phenoxy) is 2. The molecule has 0 saturated carbocycles. The second-order valence-electron chi connectivity index (χ2n) is 4.50. The van der Waals surface area contributed by atoms with Gasteiger partial charge in [-0.25, -0.2) is 4.98 Å². The predicted molar refractivity (Wildman–Crippen MR) is 83.8 cm³/mol. The Morgan fingerprint density at radius 2 is 2.27 bits per heavy atom. The Balaban J connectivity index is 2.07. The summed E-state index contributed by atoms with van der Waals surface area (Å²) in [5.74, 6) is 0.0340. The van der Waals surface area contributed by atoms with Crippen LogP contribution in [0.15, 0.2) is 24.4 Å². The number of hydrogen-bond acceptors (Lipinski definition) is 6. The number of methoxy groups -OCH3 is 1. The maximum absolute atomic E-state index is 10.8. The summed E-state index contributed by atoms with van der Waals surface area (Å²) in [4.78, 5) is 15.6. The van der Waals surface area contributed by atoms with E-state index in [9.17, 15) is 4.79 Å². The number of carboxylic acid groups (broad SMARTS) is 1. The fourth-order valence-electron chi connectivity index (χ4n) is 1.80. The molecule has 0 aliphatic rings. The van der Waals surface area contributed by atoms with Crippen LogP contribution in [0.5, 0.6) is 11.5 Å². The quantitative estimate of drug-likeness (QED) is 0.802. The molecule has 118 valence electrons. The first-order valence-corrected chi connectivity index (χ1v) is 7.57. The zero-order valence-electron chi connectivity index (χ0n) is 11.8. The Morgan fingerprint density at radius 1 is 1.50 bits per heavy atom. The number of aliphatic carboxylic acids is 1. The van der Waals surface area contributed by atoms with Gasteiger partial charge in [0.1, 0.15) is 12.6 Å². The summed E-state index contributed by atoms with van der Waals surface area (Å²) in [6.45, 7) is 0.328. The Hall–Kier alpha value is -1.83. The Morgan fingerprint density at radius 3 is 2.86 bits per heavy atom. The first-order chi connectivity index (χ1) is 10.5. The first-order valence-electron chi connectivity index (χ1n) is 6.38. The smallest absolute Gasteiger partial charge is 0.320 e. The number of carbonyl (C=O) groups is 1. The highest BCUT2D eigenvalue weighted by molar-refractivity contribution is 7.15. The van der Waals surface area contributed by atoms with E-state index in [1.165, 1.54) is 18.4 Å². The molecule has 8 heteroatoms. The standard InChI is InChI=1S/C14H15ClN2O4S/c1-20-12-5-8(4-10(16)13(18)19)2-3-11(12)21-7-9-6-17-14(15)22-9/h2-3,5-6,10H,4,7,16H2,1H3,(H,18,19). The monoisotopic (exact) mass is 342 g/mol. The average Bonchev–Trinajstić information content (AvgIpc) is 2.91. The van der Waals surface area contributed by atoms with Gasteiger partial charge in [0.05, 0.1) is 12.0 Å². The van der Waals surface area contributed by atoms with Crippen LogP contribution in [0, 0.1) is 0 Å². The van der Waals surface area contributed by atoms with E-state index in [1.807, 2.05) is 0 Å². The van der Waals surface area contributed by atoms with Gasteiger partial charge in [0.25, 0.3) is 0 Å². The molecule has 1 atom stereocenters. The molecule has 0 fully saturated rings. The Labute approximate surface area is 136 Å². The molecular weight excluding hydrogens is 328 g/mol. The normalized spacial score (nSPS) is 12.0. The minimum absolute atomic E-state index is 0.219. The lowest BCUT2D eigenvalue weighted by atomic mass is 10.1. The van der Waals surface area contributed by atoms with Crippen LogP contribution >= 0.6 is 22.9 Å². The number of thiazole rings is 1. The van der Waals surface area contributed by atoms with Crippen LogP contribution < -0.4 is 15.2 Å². The molecular formula is C14H15ClN2O4S. The molecule has 0 bridgehead atoms. The van der Waals surface area contributed by atoms with E-state index in [-0.39, 0.29) is 6.42 Å². The van der Waals surface area contributed by atoms with Crippen LogP contribution in [0.1, 0.15) is 10.4 Å². The fourth-order valence-corrected chi connectivity index (χ4v) is 2.69. The number of benzene rings is 1. The number of nitrogens with zero attached hydrogens (tertiary/aromatic N) is 1. The largest absolute Gasteiger partial charge is 0.493 e. The van der Waals surface area contributed by atoms with Gasteiger partial charge in [0, 0.05) is 6.20 Å². The van der Waals surface area contributed by atoms with E-state index in [4.69, 9.17) is 31.9 Å². The highest BCUT2D eigenvalue weighted by atomic mass is 35.5. The number of carboxylic acids is 1. The van der Waals surface area contributed by atoms with Gasteiger partial charge in [-0.1, -0.05) is 17.7 Å². The molecule has 1 aromatic heterocycles. The Kier molecular flexibility index (Phi) is 5.59. The van der Waals surface area contributed by atoms with Crippen molar-refractivity contribution >= 4 is 28.9 Å². The van der Waals surface area contributed by atoms with Gasteiger partial charge >= 0.3 is 5.97 Å². The lowest BCUT2D eigenvalue weighted by molar-refractivity contribution is -0.138. The molecule has 0 spiro atoms. The highest BCUT2D eigenvalue weighted by Gasteiger charge is 2.14. The molecule has 1 aromatic carbocycles. The Bertz CT molecular complexity index is 662. The van der Waals surface area contributed by atoms with Crippen molar-refractivity contribution in [1.82, 2.24) is 4.98 Å². The number of hydrogen-bond donors (Lipinski definition) is 2. The van der Waals surface area contributed by atoms with E-state index >= 15 is 0 Å². The molecule has 6 nitrogen and oxygen atoms in total. The molecule has 0 amide bonds. The molecule has 1 heterocycles. The molecule has 0 radical (unpaired) electrons. The van der Waals surface area contributed by atoms with Crippen molar-refractivity contribution in [3.05, 3.63) is 39.3 Å². The van der Waals surface area contributed by atoms with Crippen LogP contribution in [0.4, 0.5) is 0 Å². The summed E-state index contributed by atoms with van der Waals surface area (Å²) in [6, 6.07) is 4.26. The third-order valence-electron chi connectivity index (χ3n) is 2.90. The summed E-state index contributed by atoms with van der Waals surface area (Å²) < 4.78 is 11.4. The number of rotatable bonds is 7. The SMILES string of the molecule is COc1cc(CC(N)C(=O)O)ccc1OCc1cnc(Cl)s1. The first kappa shape index (κ1) is 16.5. The van der Waals surface area contributed by atoms with Crippen molar-refractivity contribution in [2.45, 2.75) is 19.1 Å². The second kappa shape index (κ2) is 7.44. The zero-order valence-corrected chi connectivity index (χ0v) is 13.4. The number of aromatic nitrogens is 1. The summed E-state index contributed by atoms with van der Waals surface area (Å²) in [5.41, 5.74) is 6.29. The van der Waals surface area contributed by atoms with E-state index in [1.54, 1.807) is 24.4 Å². The van der Waals surface area contributed by atoms with Crippen LogP contribution in [0.25, 0.3) is 0 Å². The van der Waals surface area contributed by atoms with Gasteiger partial charge in [-0.15, -0.1) is 11.3 Å². The van der Waals surface area contributed by atoms with E-state index in [0.29, 0.717) is 22.6 Å². The minimum atomic E-state index is -1.04. The summed E-state index contributed by atoms with van der Waals surface area (Å²) in [7, 11) is 1.52. The van der Waals surface area contributed by atoms with Gasteiger partial charge in [-0.3, -0.25) is 4.79 Å². The van der Waals surface area contributed by atoms with E-state index in [2.05, 4.69) is 4.98 Å². The highest BCUT2D eigenvalue weighted by Crippen LogP contribution is 2.30. The number of nitrogens with two attached hydrogens (primary N) is 1. The maximum Gasteiger partial charge on any atom is 0.320 e. The van der Waals surface area contributed by atoms with Gasteiger partial charge in [-0.2, -0.15) is 0 Å². The predicted octanol–water partition coefficient (Wildman–Crippen LogP) is 2.34. The van der Waals surface area contributed by atoms with Crippen molar-refractivity contribution < 1.29 is 19.4 Å². The molecule has 0 aliphatic heterocycles. The van der Waals surface area contributed by atoms with Gasteiger partial charge in [-0.05, 0) is 24.1 Å². The summed E-state index contributed by atoms with van der Waals surface area (Å²) >= 11 is 7.10. The lowest BCUT2D eigenvalue weighted by Crippen LogP contribution is -2.32. The topological polar surface area (TPSA) is 94.7 Å². The fraction of sp³-hybridized carbons (Fsp3) is 0.286. The molecule has 0 saturated heterocycles. The minimum Gasteiger partial charge on any atom is -0.493 e. The van der Waals surface area contributed by atoms with Crippen molar-refractivity contribution in [3.63, 3.8) is 0 Å². The van der Waals surface area contributed by atoms with Gasteiger partial charge < -0.3 is 20.3 Å². The average molecular weight is 343 g/mol. The molecule has 1 unspecified atom stereocenters. The van der Waals surface area contributed by atoms with Crippen molar-refractivity contribution in [2.24, 2.45) is 5.73 Å². The summed E-state index contributed by atoms with van der Waals surface area (Å²) in [5, 5.41) is 8.84. The van der Waals surface area contributed by atoms with E-state index in [0.717, 1.165) is 10.4 Å². The van der Waals surface area contributed by atoms with Crippen molar-refractivity contribution in [1.29, 1.82) is 0 Å². The van der Waals surface area contributed by atoms with Crippen LogP contribution in [0.3, 0.4) is 0 Å². The molecule has 2 aromatic rings. The molecule has 22 heavy (non-hydrogen) atoms. The van der Waals surface area contributed by atoms with Gasteiger partial charge in [0.2, 0.25) is 0 Å². The second-order valence-corrected chi connectivity index (χ2v) is 6.20. The molecule has 2 rings (SSSR count). The van der Waals surface area contributed by atoms with Gasteiger partial charge in [0.15, 0.2) is 16.0 Å². The number of halogens is 1. The van der Waals surface area contributed by atoms with Crippen LogP contribution in [0.2, 0.25) is 4.47 Å². The van der Waals surface area contributed by atoms with Crippen molar-refractivity contribution in [2.75, 3.05) is 7.11 Å². The van der Waals surface area contributed by atoms with Crippen LogP contribution in [-0.2, 0) is 17.8 Å². The zero-order chi connectivity index (χ0) is 16.1. The third kappa shape index (κ3) is 4.33. The van der Waals surface area contributed by atoms with Crippen molar-refractivity contribution in [3.8, 4) is 11.5 Å². The third-order valence-corrected chi connectivity index (χ3v) is 3.98. The lowest BCUT2D eigenvalue weighted by Gasteiger charge is -2.12. The van der Waals surface area contributed by atoms with Crippen LogP contribution in [-0.4, -0.2) is 29.2 Å². The maximum atomic E-state index is 10.8. The van der Waals surface area contributed by atoms with E-state index < -0.39 is 12.0 Å². The molecule has 3 N–H and O–H groups in total. The summed E-state index contributed by atoms with van der Waals surface area (Å²) in [6.07, 6.45) is 1.87. The molecule has 0 aliphatic carbocycles.